The summed E-state index contributed by atoms with van der Waals surface area (Å²) < 4.78 is 14.5. The van der Waals surface area contributed by atoms with E-state index in [9.17, 15) is 9.36 Å². The minimum atomic E-state index is -2.80. The fourth-order valence-corrected chi connectivity index (χ4v) is 1.74. The number of carbonyl (C=O) groups is 1. The molecule has 0 radical (unpaired) electrons. The Morgan fingerprint density at radius 3 is 2.83 bits per heavy atom. The van der Waals surface area contributed by atoms with Gasteiger partial charge in [-0.3, -0.25) is 4.79 Å². The molecule has 1 rings (SSSR count). The van der Waals surface area contributed by atoms with Gasteiger partial charge < -0.3 is 10.8 Å². The van der Waals surface area contributed by atoms with Crippen molar-refractivity contribution < 1.29 is 28.9 Å². The maximum atomic E-state index is 10.6. The van der Waals surface area contributed by atoms with Crippen molar-refractivity contribution in [2.45, 2.75) is 25.5 Å². The van der Waals surface area contributed by atoms with Crippen LogP contribution >= 0.6 is 8.25 Å². The van der Waals surface area contributed by atoms with Gasteiger partial charge in [0.05, 0.1) is 4.67 Å². The highest BCUT2D eigenvalue weighted by atomic mass is 31.1. The van der Waals surface area contributed by atoms with Crippen LogP contribution in [0.5, 0.6) is 0 Å². The number of hydrogen-bond acceptors (Lipinski definition) is 5. The summed E-state index contributed by atoms with van der Waals surface area (Å²) in [4.78, 5) is 23.8. The van der Waals surface area contributed by atoms with Crippen molar-refractivity contribution in [2.24, 2.45) is 11.7 Å². The van der Waals surface area contributed by atoms with E-state index in [0.717, 1.165) is 5.57 Å². The largest absolute Gasteiger partial charge is 0.726 e. The molecule has 4 N–H and O–H groups in total. The second kappa shape index (κ2) is 6.72. The molecule has 8 heteroatoms. The molecule has 0 aromatic rings. The van der Waals surface area contributed by atoms with E-state index in [1.54, 1.807) is 18.2 Å². The first-order valence-corrected chi connectivity index (χ1v) is 6.40. The van der Waals surface area contributed by atoms with Crippen LogP contribution in [0.15, 0.2) is 23.8 Å². The quantitative estimate of drug-likeness (QED) is 0.374. The van der Waals surface area contributed by atoms with Gasteiger partial charge in [-0.1, -0.05) is 25.2 Å². The van der Waals surface area contributed by atoms with E-state index < -0.39 is 26.4 Å². The van der Waals surface area contributed by atoms with E-state index in [1.165, 1.54) is 0 Å². The van der Waals surface area contributed by atoms with Crippen LogP contribution in [0.2, 0.25) is 0 Å². The molecule has 4 unspecified atom stereocenters. The summed E-state index contributed by atoms with van der Waals surface area (Å²) in [6, 6.07) is -0.950. The number of rotatable bonds is 6. The summed E-state index contributed by atoms with van der Waals surface area (Å²) in [5, 5.41) is 8.69. The first-order valence-electron chi connectivity index (χ1n) is 5.27. The molecular formula is C10H15NO6P+. The molecule has 0 aromatic carbocycles. The van der Waals surface area contributed by atoms with E-state index in [1.807, 2.05) is 6.92 Å². The Hall–Kier alpha value is -1.11. The van der Waals surface area contributed by atoms with E-state index in [0.29, 0.717) is 0 Å². The molecule has 0 amide bonds. The number of nitrogens with two attached hydrogens (primary N) is 1. The number of aliphatic carboxylic acids is 1. The molecular weight excluding hydrogens is 261 g/mol. The van der Waals surface area contributed by atoms with Crippen molar-refractivity contribution in [3.05, 3.63) is 23.8 Å². The van der Waals surface area contributed by atoms with Gasteiger partial charge in [-0.05, 0) is 12.0 Å². The lowest BCUT2D eigenvalue weighted by Gasteiger charge is -2.20. The lowest BCUT2D eigenvalue weighted by molar-refractivity contribution is -0.240. The van der Waals surface area contributed by atoms with E-state index in [2.05, 4.69) is 4.67 Å². The zero-order valence-corrected chi connectivity index (χ0v) is 10.6. The average molecular weight is 276 g/mol. The number of hydrogen-bond donors (Lipinski definition) is 3. The molecule has 0 fully saturated rings. The molecule has 0 aliphatic heterocycles. The molecule has 0 spiro atoms. The summed E-state index contributed by atoms with van der Waals surface area (Å²) in [6.07, 6.45) is 4.83. The Bertz CT molecular complexity index is 394. The van der Waals surface area contributed by atoms with Gasteiger partial charge in [-0.25, -0.2) is 0 Å². The fourth-order valence-electron chi connectivity index (χ4n) is 1.57. The first-order chi connectivity index (χ1) is 8.40. The Morgan fingerprint density at radius 1 is 1.67 bits per heavy atom. The predicted octanol–water partition coefficient (Wildman–Crippen LogP) is 0.887. The zero-order valence-electron chi connectivity index (χ0n) is 9.72. The van der Waals surface area contributed by atoms with Gasteiger partial charge in [-0.2, -0.15) is 4.89 Å². The van der Waals surface area contributed by atoms with E-state index in [4.69, 9.17) is 20.6 Å². The standard InChI is InChI=1S/C10H14NO6P/c1-6-4-7(5-8(11)10(12)13)2-3-9(6)16-17-18(14)15/h2-4,6,8-9H,5,11H2,1H3,(H-,12,13,14,15)/p+1. The molecule has 1 aliphatic carbocycles. The average Bonchev–Trinajstić information content (AvgIpc) is 2.27. The fraction of sp³-hybridized carbons (Fsp3) is 0.500. The molecule has 4 atom stereocenters. The Labute approximate surface area is 105 Å². The molecule has 0 heterocycles. The summed E-state index contributed by atoms with van der Waals surface area (Å²) in [5.41, 5.74) is 6.21. The number of allylic oxidation sites excluding steroid dienone is 1. The number of carboxylic acids is 1. The van der Waals surface area contributed by atoms with Crippen LogP contribution in [0.3, 0.4) is 0 Å². The SMILES string of the molecule is CC1C=C(CC(N)C(=O)O)C=CC1OO[P+](=O)O. The summed E-state index contributed by atoms with van der Waals surface area (Å²) in [5.74, 6) is -1.17. The zero-order chi connectivity index (χ0) is 13.7. The topological polar surface area (TPSA) is 119 Å². The molecule has 0 bridgehead atoms. The highest BCUT2D eigenvalue weighted by molar-refractivity contribution is 7.31. The first kappa shape index (κ1) is 14.9. The van der Waals surface area contributed by atoms with Gasteiger partial charge in [0, 0.05) is 10.5 Å². The smallest absolute Gasteiger partial charge is 0.480 e. The summed E-state index contributed by atoms with van der Waals surface area (Å²) in [6.45, 7) is 1.81. The Kier molecular flexibility index (Phi) is 5.58. The predicted molar refractivity (Wildman–Crippen MR) is 62.4 cm³/mol. The lowest BCUT2D eigenvalue weighted by Crippen LogP contribution is -2.31. The molecule has 0 saturated carbocycles. The normalized spacial score (nSPS) is 25.5. The third kappa shape index (κ3) is 4.64. The second-order valence-electron chi connectivity index (χ2n) is 3.98. The summed E-state index contributed by atoms with van der Waals surface area (Å²) >= 11 is 0. The maximum absolute atomic E-state index is 10.6. The van der Waals surface area contributed by atoms with Gasteiger partial charge in [-0.15, -0.1) is 4.89 Å². The van der Waals surface area contributed by atoms with Crippen molar-refractivity contribution in [3.8, 4) is 0 Å². The third-order valence-electron chi connectivity index (χ3n) is 2.49. The van der Waals surface area contributed by atoms with Crippen molar-refractivity contribution in [1.82, 2.24) is 0 Å². The molecule has 18 heavy (non-hydrogen) atoms. The minimum Gasteiger partial charge on any atom is -0.480 e. The highest BCUT2D eigenvalue weighted by Crippen LogP contribution is 2.25. The molecule has 1 aliphatic rings. The van der Waals surface area contributed by atoms with Crippen LogP contribution in [0.1, 0.15) is 13.3 Å². The van der Waals surface area contributed by atoms with Gasteiger partial charge in [0.15, 0.2) is 0 Å². The van der Waals surface area contributed by atoms with Gasteiger partial charge >= 0.3 is 14.2 Å². The van der Waals surface area contributed by atoms with Gasteiger partial charge in [0.1, 0.15) is 12.1 Å². The maximum Gasteiger partial charge on any atom is 0.726 e. The van der Waals surface area contributed by atoms with Crippen LogP contribution in [0.25, 0.3) is 0 Å². The van der Waals surface area contributed by atoms with Crippen molar-refractivity contribution >= 4 is 14.2 Å². The van der Waals surface area contributed by atoms with Gasteiger partial charge in [0.25, 0.3) is 0 Å². The molecule has 100 valence electrons. The van der Waals surface area contributed by atoms with Crippen LogP contribution < -0.4 is 5.73 Å². The Balaban J connectivity index is 2.53. The molecule has 7 nitrogen and oxygen atoms in total. The lowest BCUT2D eigenvalue weighted by atomic mass is 9.92. The van der Waals surface area contributed by atoms with Crippen LogP contribution in [0.4, 0.5) is 0 Å². The van der Waals surface area contributed by atoms with E-state index >= 15 is 0 Å². The highest BCUT2D eigenvalue weighted by Gasteiger charge is 2.25. The number of carboxylic acid groups (broad SMARTS) is 1. The van der Waals surface area contributed by atoms with Crippen molar-refractivity contribution in [2.75, 3.05) is 0 Å². The van der Waals surface area contributed by atoms with Crippen LogP contribution in [-0.4, -0.2) is 28.1 Å². The molecule has 0 saturated heterocycles. The van der Waals surface area contributed by atoms with Crippen molar-refractivity contribution in [3.63, 3.8) is 0 Å². The Morgan fingerprint density at radius 2 is 2.33 bits per heavy atom. The van der Waals surface area contributed by atoms with Gasteiger partial charge in [0.2, 0.25) is 0 Å². The van der Waals surface area contributed by atoms with Crippen LogP contribution in [-0.2, 0) is 18.9 Å². The minimum absolute atomic E-state index is 0.110. The van der Waals surface area contributed by atoms with Crippen molar-refractivity contribution in [1.29, 1.82) is 0 Å². The summed E-state index contributed by atoms with van der Waals surface area (Å²) in [7, 11) is -2.80. The third-order valence-corrected chi connectivity index (χ3v) is 2.70. The molecule has 0 aromatic heterocycles. The second-order valence-corrected chi connectivity index (χ2v) is 4.61. The monoisotopic (exact) mass is 276 g/mol. The van der Waals surface area contributed by atoms with Crippen LogP contribution in [0, 0.1) is 5.92 Å². The van der Waals surface area contributed by atoms with E-state index in [-0.39, 0.29) is 12.3 Å².